The summed E-state index contributed by atoms with van der Waals surface area (Å²) in [5.74, 6) is 1.06. The lowest BCUT2D eigenvalue weighted by molar-refractivity contribution is -0.125. The molecule has 2 aliphatic heterocycles. The monoisotopic (exact) mass is 407 g/mol. The Morgan fingerprint density at radius 3 is 3.00 bits per heavy atom. The Labute approximate surface area is 173 Å². The van der Waals surface area contributed by atoms with E-state index in [0.29, 0.717) is 18.8 Å². The van der Waals surface area contributed by atoms with Gasteiger partial charge in [0.2, 0.25) is 12.7 Å². The van der Waals surface area contributed by atoms with E-state index in [1.54, 1.807) is 12.3 Å². The Bertz CT molecular complexity index is 1100. The van der Waals surface area contributed by atoms with Crippen molar-refractivity contribution in [2.24, 2.45) is 5.92 Å². The molecule has 1 saturated heterocycles. The second-order valence-electron chi connectivity index (χ2n) is 7.68. The van der Waals surface area contributed by atoms with Crippen LogP contribution in [-0.4, -0.2) is 30.8 Å². The van der Waals surface area contributed by atoms with Crippen LogP contribution in [0.2, 0.25) is 0 Å². The molecule has 1 N–H and O–H groups in total. The maximum Gasteiger partial charge on any atom is 0.231 e. The molecule has 30 heavy (non-hydrogen) atoms. The summed E-state index contributed by atoms with van der Waals surface area (Å²) >= 11 is 0. The van der Waals surface area contributed by atoms with Gasteiger partial charge in [0.05, 0.1) is 11.4 Å². The molecular weight excluding hydrogens is 385 g/mol. The maximum absolute atomic E-state index is 13.8. The minimum atomic E-state index is -0.285. The number of ether oxygens (including phenoxy) is 2. The number of anilines is 1. The fraction of sp³-hybridized carbons (Fsp3) is 0.304. The first-order chi connectivity index (χ1) is 14.7. The van der Waals surface area contributed by atoms with Gasteiger partial charge in [-0.15, -0.1) is 0 Å². The van der Waals surface area contributed by atoms with E-state index >= 15 is 0 Å². The summed E-state index contributed by atoms with van der Waals surface area (Å²) in [7, 11) is 0. The molecule has 0 spiro atoms. The zero-order valence-corrected chi connectivity index (χ0v) is 16.4. The number of carbonyl (C=O) groups excluding carboxylic acids is 1. The predicted molar refractivity (Wildman–Crippen MR) is 111 cm³/mol. The largest absolute Gasteiger partial charge is 0.454 e. The van der Waals surface area contributed by atoms with Gasteiger partial charge in [0.25, 0.3) is 0 Å². The fourth-order valence-electron chi connectivity index (χ4n) is 4.17. The number of fused-ring (bicyclic) bond motifs is 2. The molecule has 6 nitrogen and oxygen atoms in total. The number of carbonyl (C=O) groups is 1. The van der Waals surface area contributed by atoms with Crippen molar-refractivity contribution >= 4 is 22.5 Å². The van der Waals surface area contributed by atoms with Crippen molar-refractivity contribution in [1.82, 2.24) is 10.3 Å². The molecule has 2 aliphatic rings. The van der Waals surface area contributed by atoms with Crippen LogP contribution in [0.3, 0.4) is 0 Å². The van der Waals surface area contributed by atoms with Gasteiger partial charge in [-0.25, -0.2) is 4.39 Å². The van der Waals surface area contributed by atoms with Gasteiger partial charge in [-0.1, -0.05) is 6.07 Å². The first-order valence-corrected chi connectivity index (χ1v) is 10.1. The third-order valence-electron chi connectivity index (χ3n) is 5.72. The topological polar surface area (TPSA) is 63.7 Å². The van der Waals surface area contributed by atoms with Crippen LogP contribution in [-0.2, 0) is 11.3 Å². The molecule has 0 saturated carbocycles. The van der Waals surface area contributed by atoms with E-state index in [9.17, 15) is 9.18 Å². The Kier molecular flexibility index (Phi) is 4.86. The Balaban J connectivity index is 1.27. The molecule has 2 aromatic carbocycles. The lowest BCUT2D eigenvalue weighted by Gasteiger charge is -2.34. The average Bonchev–Trinajstić information content (AvgIpc) is 3.25. The van der Waals surface area contributed by atoms with Crippen molar-refractivity contribution in [2.75, 3.05) is 24.8 Å². The quantitative estimate of drug-likeness (QED) is 0.716. The van der Waals surface area contributed by atoms with Gasteiger partial charge in [0.1, 0.15) is 5.82 Å². The van der Waals surface area contributed by atoms with Crippen LogP contribution < -0.4 is 19.7 Å². The van der Waals surface area contributed by atoms with Gasteiger partial charge in [0, 0.05) is 36.9 Å². The first-order valence-electron chi connectivity index (χ1n) is 10.1. The summed E-state index contributed by atoms with van der Waals surface area (Å²) in [4.78, 5) is 19.3. The Morgan fingerprint density at radius 2 is 2.07 bits per heavy atom. The molecule has 0 radical (unpaired) electrons. The second-order valence-corrected chi connectivity index (χ2v) is 7.68. The highest BCUT2D eigenvalue weighted by atomic mass is 19.1. The summed E-state index contributed by atoms with van der Waals surface area (Å²) in [5, 5.41) is 3.82. The summed E-state index contributed by atoms with van der Waals surface area (Å²) < 4.78 is 24.5. The number of pyridine rings is 1. The van der Waals surface area contributed by atoms with Gasteiger partial charge < -0.3 is 19.7 Å². The smallest absolute Gasteiger partial charge is 0.231 e. The second kappa shape index (κ2) is 7.82. The van der Waals surface area contributed by atoms with Crippen LogP contribution >= 0.6 is 0 Å². The molecule has 0 aliphatic carbocycles. The van der Waals surface area contributed by atoms with E-state index in [1.165, 1.54) is 12.1 Å². The van der Waals surface area contributed by atoms with E-state index in [-0.39, 0.29) is 24.4 Å². The van der Waals surface area contributed by atoms with Gasteiger partial charge in [-0.3, -0.25) is 9.78 Å². The number of benzene rings is 2. The third kappa shape index (κ3) is 3.63. The number of hydrogen-bond donors (Lipinski definition) is 1. The molecular formula is C23H22FN3O3. The molecule has 1 atom stereocenters. The number of aromatic nitrogens is 1. The number of halogens is 1. The SMILES string of the molecule is O=C(NCc1ccc2c(c1)OCO2)C1CCCN(c2ccnc3ccc(F)cc23)C1. The molecule has 7 heteroatoms. The highest BCUT2D eigenvalue weighted by Gasteiger charge is 2.27. The van der Waals surface area contributed by atoms with Crippen LogP contribution in [0.15, 0.2) is 48.7 Å². The molecule has 3 aromatic rings. The summed E-state index contributed by atoms with van der Waals surface area (Å²) in [6.07, 6.45) is 3.47. The molecule has 0 bridgehead atoms. The Hall–Kier alpha value is -3.35. The number of amides is 1. The van der Waals surface area contributed by atoms with Gasteiger partial charge >= 0.3 is 0 Å². The molecule has 1 unspecified atom stereocenters. The first kappa shape index (κ1) is 18.7. The molecule has 154 valence electrons. The number of nitrogens with zero attached hydrogens (tertiary/aromatic N) is 2. The maximum atomic E-state index is 13.8. The van der Waals surface area contributed by atoms with Crippen molar-refractivity contribution in [2.45, 2.75) is 19.4 Å². The zero-order chi connectivity index (χ0) is 20.5. The third-order valence-corrected chi connectivity index (χ3v) is 5.72. The highest BCUT2D eigenvalue weighted by molar-refractivity contribution is 5.92. The van der Waals surface area contributed by atoms with Crippen LogP contribution in [0.1, 0.15) is 18.4 Å². The minimum absolute atomic E-state index is 0.0295. The Morgan fingerprint density at radius 1 is 1.17 bits per heavy atom. The molecule has 1 amide bonds. The molecule has 1 fully saturated rings. The van der Waals surface area contributed by atoms with Crippen molar-refractivity contribution < 1.29 is 18.7 Å². The van der Waals surface area contributed by atoms with E-state index in [0.717, 1.165) is 47.3 Å². The average molecular weight is 407 g/mol. The van der Waals surface area contributed by atoms with Crippen LogP contribution in [0.5, 0.6) is 11.5 Å². The minimum Gasteiger partial charge on any atom is -0.454 e. The van der Waals surface area contributed by atoms with E-state index in [4.69, 9.17) is 9.47 Å². The van der Waals surface area contributed by atoms with E-state index < -0.39 is 0 Å². The van der Waals surface area contributed by atoms with E-state index in [1.807, 2.05) is 24.3 Å². The fourth-order valence-corrected chi connectivity index (χ4v) is 4.17. The molecule has 3 heterocycles. The normalized spacial score (nSPS) is 17.9. The number of piperidine rings is 1. The van der Waals surface area contributed by atoms with Crippen LogP contribution in [0, 0.1) is 11.7 Å². The number of hydrogen-bond acceptors (Lipinski definition) is 5. The molecule has 5 rings (SSSR count). The zero-order valence-electron chi connectivity index (χ0n) is 16.4. The highest BCUT2D eigenvalue weighted by Crippen LogP contribution is 2.33. The van der Waals surface area contributed by atoms with Crippen LogP contribution in [0.4, 0.5) is 10.1 Å². The number of nitrogens with one attached hydrogen (secondary N) is 1. The van der Waals surface area contributed by atoms with Crippen molar-refractivity contribution in [3.05, 3.63) is 60.0 Å². The predicted octanol–water partition coefficient (Wildman–Crippen LogP) is 3.64. The standard InChI is InChI=1S/C23H22FN3O3/c24-17-4-5-19-18(11-17)20(7-8-25-19)27-9-1-2-16(13-27)23(28)26-12-15-3-6-21-22(10-15)30-14-29-21/h3-8,10-11,16H,1-2,9,12-14H2,(H,26,28). The summed E-state index contributed by atoms with van der Waals surface area (Å²) in [6.45, 7) is 2.11. The molecule has 1 aromatic heterocycles. The lowest BCUT2D eigenvalue weighted by Crippen LogP contribution is -2.43. The van der Waals surface area contributed by atoms with Crippen LogP contribution in [0.25, 0.3) is 10.9 Å². The van der Waals surface area contributed by atoms with Crippen molar-refractivity contribution in [1.29, 1.82) is 0 Å². The summed E-state index contributed by atoms with van der Waals surface area (Å²) in [6, 6.07) is 12.2. The van der Waals surface area contributed by atoms with Gasteiger partial charge in [0.15, 0.2) is 11.5 Å². The van der Waals surface area contributed by atoms with E-state index in [2.05, 4.69) is 15.2 Å². The van der Waals surface area contributed by atoms with Gasteiger partial charge in [-0.05, 0) is 54.8 Å². The van der Waals surface area contributed by atoms with Gasteiger partial charge in [-0.2, -0.15) is 0 Å². The lowest BCUT2D eigenvalue weighted by atomic mass is 9.96. The van der Waals surface area contributed by atoms with Crippen molar-refractivity contribution in [3.8, 4) is 11.5 Å². The number of rotatable bonds is 4. The summed E-state index contributed by atoms with van der Waals surface area (Å²) in [5.41, 5.74) is 2.65. The van der Waals surface area contributed by atoms with Crippen molar-refractivity contribution in [3.63, 3.8) is 0 Å².